The fraction of sp³-hybridized carbons (Fsp3) is 0.389. The topological polar surface area (TPSA) is 41.6 Å². The van der Waals surface area contributed by atoms with E-state index in [2.05, 4.69) is 40.9 Å². The van der Waals surface area contributed by atoms with Crippen LogP contribution in [0.5, 0.6) is 5.75 Å². The van der Waals surface area contributed by atoms with Gasteiger partial charge in [-0.3, -0.25) is 9.69 Å². The summed E-state index contributed by atoms with van der Waals surface area (Å²) in [5, 5.41) is 7.29. The first-order valence-electron chi connectivity index (χ1n) is 7.88. The molecule has 1 aromatic carbocycles. The van der Waals surface area contributed by atoms with Crippen molar-refractivity contribution in [3.8, 4) is 5.75 Å². The zero-order chi connectivity index (χ0) is 16.7. The molecule has 23 heavy (non-hydrogen) atoms. The second-order valence-electron chi connectivity index (χ2n) is 5.24. The molecule has 1 atom stereocenters. The monoisotopic (exact) mass is 332 g/mol. The molecule has 4 nitrogen and oxygen atoms in total. The summed E-state index contributed by atoms with van der Waals surface area (Å²) in [5.74, 6) is 0.618. The van der Waals surface area contributed by atoms with E-state index in [9.17, 15) is 4.79 Å². The lowest BCUT2D eigenvalue weighted by atomic mass is 10.1. The average Bonchev–Trinajstić information content (AvgIpc) is 3.12. The van der Waals surface area contributed by atoms with E-state index in [-0.39, 0.29) is 11.9 Å². The van der Waals surface area contributed by atoms with Crippen LogP contribution < -0.4 is 10.1 Å². The number of rotatable bonds is 8. The summed E-state index contributed by atoms with van der Waals surface area (Å²) in [5.41, 5.74) is 1.87. The minimum Gasteiger partial charge on any atom is -0.497 e. The fourth-order valence-electron chi connectivity index (χ4n) is 2.64. The van der Waals surface area contributed by atoms with Gasteiger partial charge in [0, 0.05) is 12.1 Å². The predicted octanol–water partition coefficient (Wildman–Crippen LogP) is 3.57. The second kappa shape index (κ2) is 8.70. The molecule has 5 heteroatoms. The van der Waals surface area contributed by atoms with Crippen LogP contribution in [-0.4, -0.2) is 37.6 Å². The van der Waals surface area contributed by atoms with Crippen LogP contribution in [0.4, 0.5) is 0 Å². The van der Waals surface area contributed by atoms with Gasteiger partial charge in [-0.2, -0.15) is 11.3 Å². The lowest BCUT2D eigenvalue weighted by Crippen LogP contribution is -2.37. The minimum atomic E-state index is -0.0729. The van der Waals surface area contributed by atoms with Crippen molar-refractivity contribution in [2.75, 3.05) is 26.7 Å². The van der Waals surface area contributed by atoms with Crippen LogP contribution in [-0.2, 0) is 0 Å². The molecule has 0 spiro atoms. The summed E-state index contributed by atoms with van der Waals surface area (Å²) >= 11 is 1.69. The molecule has 0 aliphatic carbocycles. The first-order valence-corrected chi connectivity index (χ1v) is 8.82. The maximum absolute atomic E-state index is 12.4. The number of ether oxygens (including phenoxy) is 1. The van der Waals surface area contributed by atoms with E-state index in [0.29, 0.717) is 17.9 Å². The van der Waals surface area contributed by atoms with Crippen LogP contribution in [0.25, 0.3) is 0 Å². The molecule has 1 heterocycles. The van der Waals surface area contributed by atoms with E-state index in [1.165, 1.54) is 5.56 Å². The van der Waals surface area contributed by atoms with Crippen LogP contribution in [0, 0.1) is 0 Å². The van der Waals surface area contributed by atoms with Crippen molar-refractivity contribution in [2.24, 2.45) is 0 Å². The van der Waals surface area contributed by atoms with Gasteiger partial charge in [0.05, 0.1) is 13.2 Å². The summed E-state index contributed by atoms with van der Waals surface area (Å²) < 4.78 is 5.18. The molecular weight excluding hydrogens is 308 g/mol. The Balaban J connectivity index is 2.07. The number of hydrogen-bond acceptors (Lipinski definition) is 4. The van der Waals surface area contributed by atoms with Crippen LogP contribution in [0.2, 0.25) is 0 Å². The SMILES string of the molecule is CCN(CC)[C@@H](CNC(=O)c1cccc(OC)c1)c1ccsc1. The minimum absolute atomic E-state index is 0.0729. The van der Waals surface area contributed by atoms with Gasteiger partial charge in [-0.05, 0) is 53.7 Å². The largest absolute Gasteiger partial charge is 0.497 e. The number of hydrogen-bond donors (Lipinski definition) is 1. The van der Waals surface area contributed by atoms with Crippen molar-refractivity contribution in [2.45, 2.75) is 19.9 Å². The normalized spacial score (nSPS) is 12.2. The van der Waals surface area contributed by atoms with Gasteiger partial charge in [0.25, 0.3) is 5.91 Å². The Morgan fingerprint density at radius 1 is 1.30 bits per heavy atom. The van der Waals surface area contributed by atoms with Gasteiger partial charge < -0.3 is 10.1 Å². The van der Waals surface area contributed by atoms with E-state index in [0.717, 1.165) is 13.1 Å². The number of benzene rings is 1. The maximum Gasteiger partial charge on any atom is 0.251 e. The van der Waals surface area contributed by atoms with Crippen molar-refractivity contribution in [3.05, 3.63) is 52.2 Å². The number of likely N-dealkylation sites (N-methyl/N-ethyl adjacent to an activating group) is 1. The molecule has 1 amide bonds. The average molecular weight is 332 g/mol. The third-order valence-corrected chi connectivity index (χ3v) is 4.67. The second-order valence-corrected chi connectivity index (χ2v) is 6.02. The Kier molecular flexibility index (Phi) is 6.62. The number of methoxy groups -OCH3 is 1. The van der Waals surface area contributed by atoms with Gasteiger partial charge >= 0.3 is 0 Å². The van der Waals surface area contributed by atoms with Crippen LogP contribution in [0.1, 0.15) is 35.8 Å². The molecule has 1 aromatic heterocycles. The Bertz CT molecular complexity index is 609. The van der Waals surface area contributed by atoms with Gasteiger partial charge in [-0.1, -0.05) is 19.9 Å². The zero-order valence-corrected chi connectivity index (χ0v) is 14.7. The third-order valence-electron chi connectivity index (χ3n) is 3.97. The van der Waals surface area contributed by atoms with E-state index in [4.69, 9.17) is 4.74 Å². The highest BCUT2D eigenvalue weighted by Crippen LogP contribution is 2.22. The third kappa shape index (κ3) is 4.56. The summed E-state index contributed by atoms with van der Waals surface area (Å²) in [6.45, 7) is 6.78. The van der Waals surface area contributed by atoms with Crippen LogP contribution in [0.3, 0.4) is 0 Å². The zero-order valence-electron chi connectivity index (χ0n) is 13.9. The van der Waals surface area contributed by atoms with Gasteiger partial charge in [-0.25, -0.2) is 0 Å². The first-order chi connectivity index (χ1) is 11.2. The Morgan fingerprint density at radius 2 is 2.09 bits per heavy atom. The molecule has 0 bridgehead atoms. The van der Waals surface area contributed by atoms with Crippen LogP contribution in [0.15, 0.2) is 41.1 Å². The Hall–Kier alpha value is -1.85. The van der Waals surface area contributed by atoms with E-state index >= 15 is 0 Å². The van der Waals surface area contributed by atoms with E-state index < -0.39 is 0 Å². The lowest BCUT2D eigenvalue weighted by molar-refractivity contribution is 0.0934. The van der Waals surface area contributed by atoms with Crippen molar-refractivity contribution < 1.29 is 9.53 Å². The van der Waals surface area contributed by atoms with Gasteiger partial charge in [0.15, 0.2) is 0 Å². The summed E-state index contributed by atoms with van der Waals surface area (Å²) in [4.78, 5) is 14.8. The molecule has 0 saturated carbocycles. The molecule has 2 aromatic rings. The fourth-order valence-corrected chi connectivity index (χ4v) is 3.35. The number of nitrogens with one attached hydrogen (secondary N) is 1. The molecule has 0 aliphatic rings. The van der Waals surface area contributed by atoms with Crippen molar-refractivity contribution in [1.29, 1.82) is 0 Å². The highest BCUT2D eigenvalue weighted by Gasteiger charge is 2.19. The quantitative estimate of drug-likeness (QED) is 0.803. The summed E-state index contributed by atoms with van der Waals surface area (Å²) in [6.07, 6.45) is 0. The molecule has 1 N–H and O–H groups in total. The molecule has 2 rings (SSSR count). The number of thiophene rings is 1. The molecule has 0 saturated heterocycles. The smallest absolute Gasteiger partial charge is 0.251 e. The number of carbonyl (C=O) groups excluding carboxylic acids is 1. The Labute approximate surface area is 142 Å². The number of nitrogens with zero attached hydrogens (tertiary/aromatic N) is 1. The highest BCUT2D eigenvalue weighted by atomic mass is 32.1. The standard InChI is InChI=1S/C18H24N2O2S/c1-4-20(5-2)17(15-9-10-23-13-15)12-19-18(21)14-7-6-8-16(11-14)22-3/h6-11,13,17H,4-5,12H2,1-3H3,(H,19,21)/t17-/m0/s1. The summed E-state index contributed by atoms with van der Waals surface area (Å²) in [6, 6.07) is 9.55. The molecule has 124 valence electrons. The molecular formula is C18H24N2O2S. The van der Waals surface area contributed by atoms with Gasteiger partial charge in [0.1, 0.15) is 5.75 Å². The van der Waals surface area contributed by atoms with Gasteiger partial charge in [-0.15, -0.1) is 0 Å². The molecule has 0 fully saturated rings. The van der Waals surface area contributed by atoms with Crippen LogP contribution >= 0.6 is 11.3 Å². The number of amides is 1. The van der Waals surface area contributed by atoms with Crippen molar-refractivity contribution in [3.63, 3.8) is 0 Å². The van der Waals surface area contributed by atoms with Crippen molar-refractivity contribution in [1.82, 2.24) is 10.2 Å². The lowest BCUT2D eigenvalue weighted by Gasteiger charge is -2.29. The molecule has 0 radical (unpaired) electrons. The maximum atomic E-state index is 12.4. The summed E-state index contributed by atoms with van der Waals surface area (Å²) in [7, 11) is 1.60. The molecule has 0 aliphatic heterocycles. The molecule has 0 unspecified atom stereocenters. The van der Waals surface area contributed by atoms with E-state index in [1.807, 2.05) is 12.1 Å². The van der Waals surface area contributed by atoms with Gasteiger partial charge in [0.2, 0.25) is 0 Å². The van der Waals surface area contributed by atoms with E-state index in [1.54, 1.807) is 30.6 Å². The highest BCUT2D eigenvalue weighted by molar-refractivity contribution is 7.07. The number of carbonyl (C=O) groups is 1. The first kappa shape index (κ1) is 17.5. The Morgan fingerprint density at radius 3 is 2.70 bits per heavy atom. The van der Waals surface area contributed by atoms with Crippen molar-refractivity contribution >= 4 is 17.2 Å². The predicted molar refractivity (Wildman–Crippen MR) is 95.3 cm³/mol.